The van der Waals surface area contributed by atoms with Gasteiger partial charge in [-0.25, -0.2) is 4.98 Å². The highest BCUT2D eigenvalue weighted by Crippen LogP contribution is 2.13. The van der Waals surface area contributed by atoms with E-state index in [1.165, 1.54) is 0 Å². The summed E-state index contributed by atoms with van der Waals surface area (Å²) in [6, 6.07) is 7.98. The Hall–Kier alpha value is -2.17. The molecule has 0 saturated carbocycles. The normalized spacial score (nSPS) is 11.1. The van der Waals surface area contributed by atoms with Gasteiger partial charge in [0.15, 0.2) is 0 Å². The van der Waals surface area contributed by atoms with Crippen LogP contribution in [0.2, 0.25) is 0 Å². The Morgan fingerprint density at radius 1 is 1.18 bits per heavy atom. The lowest BCUT2D eigenvalue weighted by atomic mass is 10.3. The molecule has 0 saturated heterocycles. The van der Waals surface area contributed by atoms with Crippen molar-refractivity contribution in [2.75, 3.05) is 0 Å². The number of aromatic nitrogens is 4. The van der Waals surface area contributed by atoms with Crippen LogP contribution in [0, 0.1) is 0 Å². The molecule has 0 aliphatic carbocycles. The second kappa shape index (κ2) is 4.01. The maximum Gasteiger partial charge on any atom is 0.236 e. The van der Waals surface area contributed by atoms with Crippen molar-refractivity contribution < 1.29 is 4.42 Å². The fourth-order valence-electron chi connectivity index (χ4n) is 1.78. The molecule has 0 radical (unpaired) electrons. The zero-order valence-corrected chi connectivity index (χ0v) is 9.50. The van der Waals surface area contributed by atoms with Gasteiger partial charge in [0.2, 0.25) is 11.8 Å². The van der Waals surface area contributed by atoms with Gasteiger partial charge in [0.05, 0.1) is 17.4 Å². The van der Waals surface area contributed by atoms with Crippen LogP contribution in [-0.2, 0) is 13.0 Å². The largest absolute Gasteiger partial charge is 0.423 e. The van der Waals surface area contributed by atoms with Gasteiger partial charge in [0.1, 0.15) is 6.54 Å². The van der Waals surface area contributed by atoms with E-state index in [4.69, 9.17) is 4.42 Å². The number of nitrogens with zero attached hydrogens (tertiary/aromatic N) is 4. The molecule has 0 aliphatic rings. The molecule has 0 unspecified atom stereocenters. The fraction of sp³-hybridized carbons (Fsp3) is 0.250. The minimum atomic E-state index is 0.563. The molecule has 0 atom stereocenters. The van der Waals surface area contributed by atoms with Gasteiger partial charge >= 0.3 is 0 Å². The van der Waals surface area contributed by atoms with E-state index in [9.17, 15) is 0 Å². The third kappa shape index (κ3) is 1.80. The van der Waals surface area contributed by atoms with E-state index in [1.807, 2.05) is 35.8 Å². The van der Waals surface area contributed by atoms with Gasteiger partial charge in [0.25, 0.3) is 0 Å². The molecule has 0 N–H and O–H groups in total. The van der Waals surface area contributed by atoms with Crippen LogP contribution >= 0.6 is 0 Å². The van der Waals surface area contributed by atoms with Crippen molar-refractivity contribution in [1.29, 1.82) is 0 Å². The second-order valence-corrected chi connectivity index (χ2v) is 3.80. The number of imidazole rings is 1. The number of rotatable bonds is 3. The summed E-state index contributed by atoms with van der Waals surface area (Å²) in [7, 11) is 0. The Morgan fingerprint density at radius 2 is 2.00 bits per heavy atom. The lowest BCUT2D eigenvalue weighted by molar-refractivity contribution is 0.444. The van der Waals surface area contributed by atoms with E-state index in [1.54, 1.807) is 6.33 Å². The first-order chi connectivity index (χ1) is 8.36. The minimum Gasteiger partial charge on any atom is -0.423 e. The summed E-state index contributed by atoms with van der Waals surface area (Å²) in [6.45, 7) is 2.55. The molecule has 0 spiro atoms. The highest BCUT2D eigenvalue weighted by atomic mass is 16.4. The standard InChI is InChI=1S/C12H12N4O/c1-2-11-14-15-12(17-11)7-16-8-13-9-5-3-4-6-10(9)16/h3-6,8H,2,7H2,1H3. The van der Waals surface area contributed by atoms with Crippen molar-refractivity contribution in [1.82, 2.24) is 19.7 Å². The SMILES string of the molecule is CCc1nnc(Cn2cnc3ccccc32)o1. The molecule has 0 bridgehead atoms. The van der Waals surface area contributed by atoms with Crippen molar-refractivity contribution in [2.45, 2.75) is 19.9 Å². The minimum absolute atomic E-state index is 0.563. The maximum atomic E-state index is 5.48. The molecule has 0 aliphatic heterocycles. The number of para-hydroxylation sites is 2. The molecule has 1 aromatic carbocycles. The van der Waals surface area contributed by atoms with Crippen LogP contribution < -0.4 is 0 Å². The molecule has 3 aromatic rings. The maximum absolute atomic E-state index is 5.48. The highest BCUT2D eigenvalue weighted by Gasteiger charge is 2.07. The number of aryl methyl sites for hydroxylation is 1. The first-order valence-electron chi connectivity index (χ1n) is 5.58. The number of hydrogen-bond acceptors (Lipinski definition) is 4. The van der Waals surface area contributed by atoms with Crippen molar-refractivity contribution in [3.8, 4) is 0 Å². The van der Waals surface area contributed by atoms with E-state index < -0.39 is 0 Å². The van der Waals surface area contributed by atoms with Gasteiger partial charge in [-0.05, 0) is 12.1 Å². The average Bonchev–Trinajstić information content (AvgIpc) is 2.97. The molecular weight excluding hydrogens is 216 g/mol. The number of fused-ring (bicyclic) bond motifs is 1. The van der Waals surface area contributed by atoms with Crippen molar-refractivity contribution in [3.63, 3.8) is 0 Å². The van der Waals surface area contributed by atoms with Crippen molar-refractivity contribution in [3.05, 3.63) is 42.4 Å². The Balaban J connectivity index is 1.94. The summed E-state index contributed by atoms with van der Waals surface area (Å²) in [5.74, 6) is 1.29. The first kappa shape index (κ1) is 10.0. The molecule has 86 valence electrons. The van der Waals surface area contributed by atoms with Gasteiger partial charge in [0, 0.05) is 6.42 Å². The van der Waals surface area contributed by atoms with E-state index in [-0.39, 0.29) is 0 Å². The van der Waals surface area contributed by atoms with Crippen LogP contribution in [0.3, 0.4) is 0 Å². The average molecular weight is 228 g/mol. The van der Waals surface area contributed by atoms with Crippen LogP contribution in [0.1, 0.15) is 18.7 Å². The third-order valence-corrected chi connectivity index (χ3v) is 2.64. The van der Waals surface area contributed by atoms with E-state index in [0.29, 0.717) is 18.3 Å². The Morgan fingerprint density at radius 3 is 2.82 bits per heavy atom. The van der Waals surface area contributed by atoms with Crippen LogP contribution in [0.25, 0.3) is 11.0 Å². The van der Waals surface area contributed by atoms with Crippen LogP contribution in [0.4, 0.5) is 0 Å². The number of hydrogen-bond donors (Lipinski definition) is 0. The van der Waals surface area contributed by atoms with Gasteiger partial charge in [-0.15, -0.1) is 10.2 Å². The summed E-state index contributed by atoms with van der Waals surface area (Å²) < 4.78 is 7.49. The molecule has 2 aromatic heterocycles. The predicted molar refractivity (Wildman–Crippen MR) is 62.5 cm³/mol. The van der Waals surface area contributed by atoms with Crippen molar-refractivity contribution in [2.24, 2.45) is 0 Å². The van der Waals surface area contributed by atoms with Gasteiger partial charge in [-0.2, -0.15) is 0 Å². The molecule has 17 heavy (non-hydrogen) atoms. The lowest BCUT2D eigenvalue weighted by Crippen LogP contribution is -1.97. The fourth-order valence-corrected chi connectivity index (χ4v) is 1.78. The molecular formula is C12H12N4O. The summed E-state index contributed by atoms with van der Waals surface area (Å²) in [5, 5.41) is 7.95. The van der Waals surface area contributed by atoms with Crippen LogP contribution in [-0.4, -0.2) is 19.7 Å². The summed E-state index contributed by atoms with van der Waals surface area (Å²) in [6.07, 6.45) is 2.55. The third-order valence-electron chi connectivity index (χ3n) is 2.64. The first-order valence-corrected chi connectivity index (χ1v) is 5.58. The number of benzene rings is 1. The lowest BCUT2D eigenvalue weighted by Gasteiger charge is -1.99. The van der Waals surface area contributed by atoms with Gasteiger partial charge in [-0.1, -0.05) is 19.1 Å². The smallest absolute Gasteiger partial charge is 0.236 e. The summed E-state index contributed by atoms with van der Waals surface area (Å²) in [5.41, 5.74) is 2.05. The zero-order chi connectivity index (χ0) is 11.7. The molecule has 5 nitrogen and oxygen atoms in total. The zero-order valence-electron chi connectivity index (χ0n) is 9.50. The Kier molecular flexibility index (Phi) is 2.36. The van der Waals surface area contributed by atoms with Gasteiger partial charge < -0.3 is 8.98 Å². The molecule has 0 amide bonds. The van der Waals surface area contributed by atoms with E-state index in [0.717, 1.165) is 17.5 Å². The molecule has 3 rings (SSSR count). The topological polar surface area (TPSA) is 56.7 Å². The molecule has 2 heterocycles. The monoisotopic (exact) mass is 228 g/mol. The summed E-state index contributed by atoms with van der Waals surface area (Å²) >= 11 is 0. The Bertz CT molecular complexity index is 641. The van der Waals surface area contributed by atoms with Crippen LogP contribution in [0.5, 0.6) is 0 Å². The summed E-state index contributed by atoms with van der Waals surface area (Å²) in [4.78, 5) is 4.31. The van der Waals surface area contributed by atoms with E-state index >= 15 is 0 Å². The quantitative estimate of drug-likeness (QED) is 0.688. The van der Waals surface area contributed by atoms with Gasteiger partial charge in [-0.3, -0.25) is 0 Å². The molecule has 0 fully saturated rings. The van der Waals surface area contributed by atoms with E-state index in [2.05, 4.69) is 15.2 Å². The Labute approximate surface area is 98.1 Å². The predicted octanol–water partition coefficient (Wildman–Crippen LogP) is 2.03. The molecule has 5 heteroatoms. The second-order valence-electron chi connectivity index (χ2n) is 3.80. The van der Waals surface area contributed by atoms with Crippen LogP contribution in [0.15, 0.2) is 35.0 Å². The van der Waals surface area contributed by atoms with Crippen molar-refractivity contribution >= 4 is 11.0 Å². The highest BCUT2D eigenvalue weighted by molar-refractivity contribution is 5.74.